The number of halogens is 1. The normalized spacial score (nSPS) is 14.0. The topological polar surface area (TPSA) is 64.6 Å². The van der Waals surface area contributed by atoms with E-state index in [1.807, 2.05) is 30.3 Å². The Kier molecular flexibility index (Phi) is 8.52. The maximum atomic E-state index is 13.4. The first kappa shape index (κ1) is 25.6. The Morgan fingerprint density at radius 1 is 0.970 bits per heavy atom. The van der Waals surface area contributed by atoms with Gasteiger partial charge in [0, 0.05) is 0 Å². The number of hydrogen-bond donors (Lipinski definition) is 1. The molecular formula is C25H29AsClNO4S. The van der Waals surface area contributed by atoms with Crippen molar-refractivity contribution in [1.82, 2.24) is 5.32 Å². The maximum absolute atomic E-state index is 13.4. The van der Waals surface area contributed by atoms with Crippen LogP contribution >= 0.6 is 12.4 Å². The molecule has 4 rings (SSSR count). The molecule has 0 bridgehead atoms. The summed E-state index contributed by atoms with van der Waals surface area (Å²) in [5.41, 5.74) is 5.70. The average molecular weight is 550 g/mol. The fourth-order valence-electron chi connectivity index (χ4n) is 4.00. The second-order valence-corrected chi connectivity index (χ2v) is 14.5. The molecule has 0 radical (unpaired) electrons. The number of hydrogen-bond acceptors (Lipinski definition) is 5. The van der Waals surface area contributed by atoms with Gasteiger partial charge in [-0.25, -0.2) is 0 Å². The van der Waals surface area contributed by atoms with E-state index in [0.717, 1.165) is 35.1 Å². The molecule has 0 saturated heterocycles. The molecule has 3 aromatic rings. The molecule has 0 amide bonds. The van der Waals surface area contributed by atoms with Crippen LogP contribution in [0.2, 0.25) is 5.71 Å². The van der Waals surface area contributed by atoms with Crippen molar-refractivity contribution in [3.05, 3.63) is 77.4 Å². The molecular weight excluding hydrogens is 521 g/mol. The molecule has 8 heteroatoms. The van der Waals surface area contributed by atoms with Gasteiger partial charge in [-0.1, -0.05) is 0 Å². The minimum atomic E-state index is -3.68. The van der Waals surface area contributed by atoms with Gasteiger partial charge in [-0.3, -0.25) is 0 Å². The molecule has 1 unspecified atom stereocenters. The Labute approximate surface area is 207 Å². The van der Waals surface area contributed by atoms with Gasteiger partial charge in [-0.05, 0) is 0 Å². The minimum Gasteiger partial charge on any atom is -0.147 e. The van der Waals surface area contributed by atoms with E-state index in [-0.39, 0.29) is 17.3 Å². The summed E-state index contributed by atoms with van der Waals surface area (Å²) in [7, 11) is -0.479. The quantitative estimate of drug-likeness (QED) is 0.455. The first-order chi connectivity index (χ1) is 15.4. The largest absolute Gasteiger partial charge is 0.147 e. The summed E-state index contributed by atoms with van der Waals surface area (Å²) in [6.07, 6.45) is 0.872. The van der Waals surface area contributed by atoms with Crippen molar-refractivity contribution in [3.8, 4) is 11.5 Å². The fraction of sp³-hybridized carbons (Fsp3) is 0.280. The molecule has 5 nitrogen and oxygen atoms in total. The summed E-state index contributed by atoms with van der Waals surface area (Å²) in [5.74, 6) is 1.27. The molecule has 0 aromatic heterocycles. The van der Waals surface area contributed by atoms with Crippen LogP contribution in [0.5, 0.6) is 11.5 Å². The molecule has 176 valence electrons. The van der Waals surface area contributed by atoms with Gasteiger partial charge in [0.05, 0.1) is 0 Å². The number of sulfone groups is 1. The summed E-state index contributed by atoms with van der Waals surface area (Å²) in [5, 5.41) is 4.29. The number of nitrogens with one attached hydrogen (secondary N) is 1. The predicted molar refractivity (Wildman–Crippen MR) is 135 cm³/mol. The smallest absolute Gasteiger partial charge is 0.147 e. The van der Waals surface area contributed by atoms with E-state index in [0.29, 0.717) is 17.2 Å². The number of rotatable bonds is 7. The molecule has 3 aromatic carbocycles. The summed E-state index contributed by atoms with van der Waals surface area (Å²) >= 11 is -1.36. The van der Waals surface area contributed by atoms with E-state index in [1.165, 1.54) is 17.0 Å². The van der Waals surface area contributed by atoms with E-state index < -0.39 is 24.5 Å². The third-order valence-corrected chi connectivity index (χ3v) is 11.8. The Bertz CT molecular complexity index is 1220. The van der Waals surface area contributed by atoms with Gasteiger partial charge < -0.3 is 0 Å². The van der Waals surface area contributed by atoms with Gasteiger partial charge >= 0.3 is 195 Å². The summed E-state index contributed by atoms with van der Waals surface area (Å²) < 4.78 is 38.9. The zero-order chi connectivity index (χ0) is 22.7. The standard InChI is InChI=1S/C25H28AsNO4S.ClH/c1-26(16-18-5-4-6-22(13-18)30-2)21-7-9-23(10-8-21)32(28,29)25-15-20-17-27-12-11-19(20)14-24(25)31-3;/h4-10,13-15,27H,11-12,16-17H2,1-3H3;1H. The van der Waals surface area contributed by atoms with Crippen LogP contribution in [0.3, 0.4) is 0 Å². The van der Waals surface area contributed by atoms with Crippen molar-refractivity contribution in [2.24, 2.45) is 0 Å². The Hall–Kier alpha value is -1.98. The van der Waals surface area contributed by atoms with Crippen LogP contribution in [0.25, 0.3) is 0 Å². The number of fused-ring (bicyclic) bond motifs is 1. The van der Waals surface area contributed by atoms with E-state index in [1.54, 1.807) is 25.3 Å². The molecule has 0 saturated carbocycles. The van der Waals surface area contributed by atoms with Gasteiger partial charge in [-0.15, -0.1) is 12.4 Å². The molecule has 1 atom stereocenters. The van der Waals surface area contributed by atoms with Crippen LogP contribution in [0.1, 0.15) is 16.7 Å². The SMILES string of the molecule is COc1cccc(C[As](C)c2ccc(S(=O)(=O)c3cc4c(cc3OC)CCNC4)cc2)c1.Cl. The molecule has 33 heavy (non-hydrogen) atoms. The number of methoxy groups -OCH3 is 2. The predicted octanol–water partition coefficient (Wildman–Crippen LogP) is 3.72. The second-order valence-electron chi connectivity index (χ2n) is 7.90. The van der Waals surface area contributed by atoms with Gasteiger partial charge in [0.1, 0.15) is 0 Å². The van der Waals surface area contributed by atoms with E-state index >= 15 is 0 Å². The molecule has 0 fully saturated rings. The van der Waals surface area contributed by atoms with Crippen LogP contribution in [-0.4, -0.2) is 43.8 Å². The van der Waals surface area contributed by atoms with Gasteiger partial charge in [-0.2, -0.15) is 0 Å². The monoisotopic (exact) mass is 549 g/mol. The van der Waals surface area contributed by atoms with Gasteiger partial charge in [0.15, 0.2) is 0 Å². The van der Waals surface area contributed by atoms with Crippen LogP contribution in [0.4, 0.5) is 0 Å². The van der Waals surface area contributed by atoms with Gasteiger partial charge in [0.25, 0.3) is 0 Å². The summed E-state index contributed by atoms with van der Waals surface area (Å²) in [4.78, 5) is 0.532. The minimum absolute atomic E-state index is 0. The van der Waals surface area contributed by atoms with Gasteiger partial charge in [0.2, 0.25) is 0 Å². The average Bonchev–Trinajstić information content (AvgIpc) is 2.83. The second kappa shape index (κ2) is 11.0. The first-order valence-electron chi connectivity index (χ1n) is 10.5. The summed E-state index contributed by atoms with van der Waals surface area (Å²) in [6, 6.07) is 19.2. The Morgan fingerprint density at radius 3 is 2.42 bits per heavy atom. The first-order valence-corrected chi connectivity index (χ1v) is 16.1. The number of benzene rings is 3. The summed E-state index contributed by atoms with van der Waals surface area (Å²) in [6.45, 7) is 1.57. The third-order valence-electron chi connectivity index (χ3n) is 5.80. The van der Waals surface area contributed by atoms with Crippen molar-refractivity contribution >= 4 is 41.2 Å². The molecule has 0 aliphatic carbocycles. The number of ether oxygens (including phenoxy) is 2. The maximum Gasteiger partial charge on any atom is -0.147 e. The van der Waals surface area contributed by atoms with Crippen molar-refractivity contribution < 1.29 is 17.9 Å². The van der Waals surface area contributed by atoms with Crippen molar-refractivity contribution in [2.45, 2.75) is 33.7 Å². The molecule has 1 heterocycles. The fourth-order valence-corrected chi connectivity index (χ4v) is 8.78. The van der Waals surface area contributed by atoms with Crippen molar-refractivity contribution in [3.63, 3.8) is 0 Å². The van der Waals surface area contributed by atoms with E-state index in [2.05, 4.69) is 23.2 Å². The molecule has 1 aliphatic heterocycles. The van der Waals surface area contributed by atoms with E-state index in [4.69, 9.17) is 9.47 Å². The molecule has 1 N–H and O–H groups in total. The van der Waals surface area contributed by atoms with Crippen LogP contribution in [-0.2, 0) is 28.0 Å². The Balaban J connectivity index is 0.00000306. The van der Waals surface area contributed by atoms with Crippen molar-refractivity contribution in [2.75, 3.05) is 20.8 Å². The zero-order valence-corrected chi connectivity index (χ0v) is 22.5. The van der Waals surface area contributed by atoms with Crippen LogP contribution < -0.4 is 19.1 Å². The molecule has 0 spiro atoms. The zero-order valence-electron chi connectivity index (χ0n) is 19.0. The van der Waals surface area contributed by atoms with Crippen LogP contribution in [0, 0.1) is 0 Å². The van der Waals surface area contributed by atoms with Crippen molar-refractivity contribution in [1.29, 1.82) is 0 Å². The molecule has 1 aliphatic rings. The van der Waals surface area contributed by atoms with Crippen LogP contribution in [0.15, 0.2) is 70.5 Å². The van der Waals surface area contributed by atoms with E-state index in [9.17, 15) is 8.42 Å². The Morgan fingerprint density at radius 2 is 1.73 bits per heavy atom. The third kappa shape index (κ3) is 5.57.